The van der Waals surface area contributed by atoms with Crippen molar-refractivity contribution in [2.45, 2.75) is 233 Å². The number of nitrogens with one attached hydrogen (secondary N) is 2. The summed E-state index contributed by atoms with van der Waals surface area (Å²) in [5, 5.41) is 30.9. The van der Waals surface area contributed by atoms with Gasteiger partial charge >= 0.3 is 12.2 Å². The number of ketones is 4. The van der Waals surface area contributed by atoms with Crippen LogP contribution in [0.4, 0.5) is 32.3 Å². The smallest absolute Gasteiger partial charge is 0.407 e. The minimum absolute atomic E-state index is 0.00305. The third-order valence-electron chi connectivity index (χ3n) is 20.0. The summed E-state index contributed by atoms with van der Waals surface area (Å²) in [5.74, 6) is -0.229. The number of hydrogen-bond donors (Lipinski definition) is 6. The molecule has 0 spiro atoms. The molecule has 6 aromatic rings. The number of carbonyl (C=O) groups is 6. The first-order chi connectivity index (χ1) is 48.4. The molecule has 538 valence electrons. The fourth-order valence-electron chi connectivity index (χ4n) is 14.4. The molecule has 0 saturated carbocycles. The predicted molar refractivity (Wildman–Crippen MR) is 412 cm³/mol. The van der Waals surface area contributed by atoms with Crippen LogP contribution in [0.3, 0.4) is 0 Å². The van der Waals surface area contributed by atoms with Gasteiger partial charge < -0.3 is 30.3 Å². The van der Waals surface area contributed by atoms with Crippen molar-refractivity contribution in [1.29, 1.82) is 0 Å². The van der Waals surface area contributed by atoms with Gasteiger partial charge in [0, 0.05) is 79.7 Å². The lowest BCUT2D eigenvalue weighted by Gasteiger charge is -2.28. The number of alkyl carbamates (subject to hydrolysis) is 2. The Kier molecular flexibility index (Phi) is 32.9. The van der Waals surface area contributed by atoms with Crippen molar-refractivity contribution in [2.24, 2.45) is 11.8 Å². The van der Waals surface area contributed by atoms with Crippen LogP contribution in [0.5, 0.6) is 11.5 Å². The Morgan fingerprint density at radius 1 is 0.380 bits per heavy atom. The molecule has 0 radical (unpaired) electrons. The maximum absolute atomic E-state index is 13.7. The largest absolute Gasteiger partial charge is 0.507 e. The van der Waals surface area contributed by atoms with E-state index in [1.54, 1.807) is 71.3 Å². The van der Waals surface area contributed by atoms with Crippen LogP contribution in [-0.4, -0.2) is 58.6 Å². The lowest BCUT2D eigenvalue weighted by Crippen LogP contribution is -2.72. The van der Waals surface area contributed by atoms with E-state index in [4.69, 9.17) is 9.47 Å². The number of carbonyl (C=O) groups excluding carboxylic acids is 6. The highest BCUT2D eigenvalue weighted by Crippen LogP contribution is 2.41. The predicted octanol–water partition coefficient (Wildman–Crippen LogP) is 22.0. The number of fused-ring (bicyclic) bond motifs is 4. The third-order valence-corrected chi connectivity index (χ3v) is 22.8. The van der Waals surface area contributed by atoms with Crippen LogP contribution >= 0.6 is 63.7 Å². The molecule has 8 rings (SSSR count). The molecule has 0 aromatic heterocycles. The van der Waals surface area contributed by atoms with E-state index >= 15 is 0 Å². The SMILES string of the molecule is CCCCCCC(CCCCCCCCCCCNC(=O)OC(C)c1cc([NH2+]c2ccc(O)c3c2C(=O)c2ccccc2C3=O)c(Br)cc1Br)C(CCCCCC)CCCCCCCCCCCNC(=O)OC(C)c1cc([NH2+]c2ccc(O)c3c2C(=O)c2ccccc2C3=O)c(Br)cc1Br. The second kappa shape index (κ2) is 41.3. The molecule has 4 unspecified atom stereocenters. The number of amides is 2. The van der Waals surface area contributed by atoms with Gasteiger partial charge in [0.15, 0.2) is 11.6 Å². The lowest BCUT2D eigenvalue weighted by molar-refractivity contribution is -0.480. The van der Waals surface area contributed by atoms with E-state index in [0.29, 0.717) is 47.0 Å². The van der Waals surface area contributed by atoms with Crippen LogP contribution in [0.25, 0.3) is 0 Å². The first kappa shape index (κ1) is 79.7. The molecule has 2 aliphatic rings. The van der Waals surface area contributed by atoms with Crippen molar-refractivity contribution < 1.29 is 59.1 Å². The molecule has 2 amide bonds. The maximum Gasteiger partial charge on any atom is 0.407 e. The number of rotatable bonds is 43. The minimum atomic E-state index is -0.592. The van der Waals surface area contributed by atoms with Gasteiger partial charge in [0.05, 0.1) is 31.2 Å². The van der Waals surface area contributed by atoms with Gasteiger partial charge in [-0.2, -0.15) is 0 Å². The first-order valence-electron chi connectivity index (χ1n) is 37.1. The average molecular weight is 1630 g/mol. The summed E-state index contributed by atoms with van der Waals surface area (Å²) < 4.78 is 14.6. The number of aromatic hydroxyl groups is 2. The average Bonchev–Trinajstić information content (AvgIpc) is 0.751. The zero-order valence-corrected chi connectivity index (χ0v) is 65.3. The highest BCUT2D eigenvalue weighted by Gasteiger charge is 2.38. The third kappa shape index (κ3) is 22.5. The van der Waals surface area contributed by atoms with Crippen LogP contribution < -0.4 is 21.3 Å². The van der Waals surface area contributed by atoms with E-state index in [9.17, 15) is 39.0 Å². The number of phenolic OH excluding ortho intramolecular Hbond substituents is 2. The molecule has 2 aliphatic carbocycles. The fourth-order valence-corrected chi connectivity index (χ4v) is 17.3. The molecule has 4 atom stereocenters. The van der Waals surface area contributed by atoms with E-state index < -0.39 is 36.0 Å². The number of nitrogens with two attached hydrogens (primary N) is 2. The number of halogens is 4. The molecular formula is C82H104Br4N4O10+2. The molecular weight excluding hydrogens is 1520 g/mol. The number of benzene rings is 6. The van der Waals surface area contributed by atoms with Crippen molar-refractivity contribution in [2.75, 3.05) is 13.1 Å². The van der Waals surface area contributed by atoms with Gasteiger partial charge in [-0.1, -0.05) is 274 Å². The van der Waals surface area contributed by atoms with E-state index in [2.05, 4.69) is 88.2 Å². The molecule has 14 nitrogen and oxygen atoms in total. The van der Waals surface area contributed by atoms with Gasteiger partial charge in [-0.15, -0.1) is 0 Å². The normalized spacial score (nSPS) is 13.6. The molecule has 0 saturated heterocycles. The Bertz CT molecular complexity index is 3520. The number of quaternary nitrogens is 2. The molecule has 0 fully saturated rings. The molecule has 18 heteroatoms. The minimum Gasteiger partial charge on any atom is -0.507 e. The summed E-state index contributed by atoms with van der Waals surface area (Å²) in [5.41, 5.74) is 5.33. The second-order valence-electron chi connectivity index (χ2n) is 27.4. The van der Waals surface area contributed by atoms with E-state index in [1.165, 1.54) is 166 Å². The quantitative estimate of drug-likeness (QED) is 0.0121. The number of phenols is 2. The molecule has 0 heterocycles. The van der Waals surface area contributed by atoms with Gasteiger partial charge in [-0.25, -0.2) is 9.59 Å². The Balaban J connectivity index is 0.667. The Labute approximate surface area is 626 Å². The van der Waals surface area contributed by atoms with Gasteiger partial charge in [-0.3, -0.25) is 29.8 Å². The maximum atomic E-state index is 13.7. The van der Waals surface area contributed by atoms with Gasteiger partial charge in [0.1, 0.15) is 46.5 Å². The standard InChI is InChI=1S/C82H102Br4N4O10/c1-5-7-9-25-35-55(37-27-21-17-13-11-15-19-23-33-47-87-81(97)99-53(3)61-49-69(65(85)51-63(61)83)89-67-43-45-71(91)75-73(67)77(93)57-39-29-31-41-59(57)79(75)95)56(36-26-10-8-6-2)38-28-22-18-14-12-16-20-24-34-48-88-82(98)100-54(4)62-50-70(66(86)52-64(62)84)90-68-44-46-72(92)76-74(68)78(94)58-40-30-32-42-60(58)80(76)96/h29-32,39-46,49-56,89-92H,5-28,33-38,47-48H2,1-4H3,(H,87,97)(H,88,98)/p+2. The topological polar surface area (TPSA) is 219 Å². The Hall–Kier alpha value is -6.02. The molecule has 100 heavy (non-hydrogen) atoms. The zero-order valence-electron chi connectivity index (χ0n) is 59.0. The summed E-state index contributed by atoms with van der Waals surface area (Å²) in [6.45, 7) is 9.36. The highest BCUT2D eigenvalue weighted by atomic mass is 79.9. The van der Waals surface area contributed by atoms with Gasteiger partial charge in [0.2, 0.25) is 11.6 Å². The number of ether oxygens (including phenoxy) is 2. The lowest BCUT2D eigenvalue weighted by atomic mass is 9.78. The van der Waals surface area contributed by atoms with Gasteiger partial charge in [-0.05, 0) is 94.7 Å². The Morgan fingerprint density at radius 3 is 0.990 bits per heavy atom. The summed E-state index contributed by atoms with van der Waals surface area (Å²) in [6, 6.07) is 27.0. The van der Waals surface area contributed by atoms with E-state index in [-0.39, 0.29) is 56.4 Å². The number of unbranched alkanes of at least 4 members (excludes halogenated alkanes) is 22. The van der Waals surface area contributed by atoms with Crippen molar-refractivity contribution in [3.05, 3.63) is 171 Å². The van der Waals surface area contributed by atoms with Gasteiger partial charge in [0.25, 0.3) is 0 Å². The van der Waals surface area contributed by atoms with E-state index in [0.717, 1.165) is 79.4 Å². The Morgan fingerprint density at radius 2 is 0.670 bits per heavy atom. The van der Waals surface area contributed by atoms with Crippen molar-refractivity contribution in [3.63, 3.8) is 0 Å². The van der Waals surface area contributed by atoms with Crippen molar-refractivity contribution in [1.82, 2.24) is 10.6 Å². The van der Waals surface area contributed by atoms with Crippen LogP contribution in [-0.2, 0) is 9.47 Å². The van der Waals surface area contributed by atoms with Crippen molar-refractivity contribution in [3.8, 4) is 11.5 Å². The molecule has 8 N–H and O–H groups in total. The van der Waals surface area contributed by atoms with Crippen molar-refractivity contribution >= 4 is 122 Å². The van der Waals surface area contributed by atoms with Crippen LogP contribution in [0.1, 0.15) is 307 Å². The van der Waals surface area contributed by atoms with Crippen LogP contribution in [0.15, 0.2) is 115 Å². The molecule has 6 aromatic carbocycles. The summed E-state index contributed by atoms with van der Waals surface area (Å²) >= 11 is 14.6. The summed E-state index contributed by atoms with van der Waals surface area (Å²) in [6.07, 6.45) is 35.7. The highest BCUT2D eigenvalue weighted by molar-refractivity contribution is 9.11. The first-order valence-corrected chi connectivity index (χ1v) is 40.2. The second-order valence-corrected chi connectivity index (χ2v) is 30.9. The monoisotopic (exact) mass is 1620 g/mol. The molecule has 0 aliphatic heterocycles. The summed E-state index contributed by atoms with van der Waals surface area (Å²) in [4.78, 5) is 80.4. The van der Waals surface area contributed by atoms with Crippen LogP contribution in [0.2, 0.25) is 0 Å². The number of hydrogen-bond acceptors (Lipinski definition) is 10. The zero-order chi connectivity index (χ0) is 71.5. The fraction of sp³-hybridized carbons (Fsp3) is 0.488. The van der Waals surface area contributed by atoms with E-state index in [1.807, 2.05) is 38.1 Å². The molecule has 0 bridgehead atoms. The van der Waals surface area contributed by atoms with Crippen LogP contribution in [0, 0.1) is 11.8 Å². The summed E-state index contributed by atoms with van der Waals surface area (Å²) in [7, 11) is 0.